The molecular weight excluding hydrogens is 371 g/mol. The second-order valence-corrected chi connectivity index (χ2v) is 7.38. The second kappa shape index (κ2) is 11.2. The van der Waals surface area contributed by atoms with E-state index in [0.717, 1.165) is 5.56 Å². The third-order valence-corrected chi connectivity index (χ3v) is 4.51. The number of nitrogens with one attached hydrogen (secondary N) is 1. The molecule has 0 aromatic heterocycles. The number of carbonyl (C=O) groups excluding carboxylic acids is 2. The van der Waals surface area contributed by atoms with Crippen molar-refractivity contribution in [2.24, 2.45) is 5.92 Å². The van der Waals surface area contributed by atoms with Crippen molar-refractivity contribution in [3.63, 3.8) is 0 Å². The second-order valence-electron chi connectivity index (χ2n) is 7.38. The molecule has 2 amide bonds. The minimum Gasteiger partial charge on any atom is -0.484 e. The molecular formula is C23H29FN2O3. The van der Waals surface area contributed by atoms with Gasteiger partial charge in [0.1, 0.15) is 17.6 Å². The van der Waals surface area contributed by atoms with Crippen LogP contribution in [0, 0.1) is 11.7 Å². The average Bonchev–Trinajstić information content (AvgIpc) is 2.72. The van der Waals surface area contributed by atoms with Gasteiger partial charge in [0.15, 0.2) is 6.61 Å². The Morgan fingerprint density at radius 1 is 1.03 bits per heavy atom. The number of hydrogen-bond acceptors (Lipinski definition) is 3. The SMILES string of the molecule is CC(C)CNC(=O)C(C)N(CCc1ccccc1)C(=O)COc1ccc(F)cc1. The number of carbonyl (C=O) groups is 2. The van der Waals surface area contributed by atoms with E-state index < -0.39 is 6.04 Å². The van der Waals surface area contributed by atoms with Gasteiger partial charge in [-0.25, -0.2) is 4.39 Å². The van der Waals surface area contributed by atoms with Gasteiger partial charge >= 0.3 is 0 Å². The molecule has 0 bridgehead atoms. The molecule has 6 heteroatoms. The van der Waals surface area contributed by atoms with Gasteiger partial charge in [-0.05, 0) is 49.1 Å². The Hall–Kier alpha value is -2.89. The monoisotopic (exact) mass is 400 g/mol. The van der Waals surface area contributed by atoms with Crippen LogP contribution in [-0.4, -0.2) is 42.5 Å². The summed E-state index contributed by atoms with van der Waals surface area (Å²) in [6, 6.07) is 14.7. The number of ether oxygens (including phenoxy) is 1. The van der Waals surface area contributed by atoms with Gasteiger partial charge in [-0.3, -0.25) is 9.59 Å². The van der Waals surface area contributed by atoms with Gasteiger partial charge in [0.05, 0.1) is 0 Å². The normalized spacial score (nSPS) is 11.8. The van der Waals surface area contributed by atoms with Gasteiger partial charge in [0.25, 0.3) is 5.91 Å². The van der Waals surface area contributed by atoms with Gasteiger partial charge in [-0.15, -0.1) is 0 Å². The third kappa shape index (κ3) is 7.56. The largest absolute Gasteiger partial charge is 0.484 e. The molecule has 0 aliphatic rings. The van der Waals surface area contributed by atoms with Crippen LogP contribution in [0.3, 0.4) is 0 Å². The molecule has 2 aromatic carbocycles. The molecule has 0 radical (unpaired) electrons. The third-order valence-electron chi connectivity index (χ3n) is 4.51. The zero-order chi connectivity index (χ0) is 21.2. The minimum absolute atomic E-state index is 0.193. The Bertz CT molecular complexity index is 778. The summed E-state index contributed by atoms with van der Waals surface area (Å²) in [7, 11) is 0. The van der Waals surface area contributed by atoms with Crippen LogP contribution >= 0.6 is 0 Å². The first-order valence-corrected chi connectivity index (χ1v) is 9.86. The molecule has 1 atom stereocenters. The Labute approximate surface area is 171 Å². The molecule has 156 valence electrons. The number of amides is 2. The van der Waals surface area contributed by atoms with Crippen LogP contribution in [0.5, 0.6) is 5.75 Å². The van der Waals surface area contributed by atoms with E-state index in [1.54, 1.807) is 6.92 Å². The fraction of sp³-hybridized carbons (Fsp3) is 0.391. The lowest BCUT2D eigenvalue weighted by Gasteiger charge is -2.29. The Morgan fingerprint density at radius 2 is 1.69 bits per heavy atom. The zero-order valence-electron chi connectivity index (χ0n) is 17.2. The van der Waals surface area contributed by atoms with E-state index in [-0.39, 0.29) is 24.2 Å². The maximum absolute atomic E-state index is 13.0. The lowest BCUT2D eigenvalue weighted by molar-refractivity contribution is -0.141. The number of rotatable bonds is 10. The first kappa shape index (κ1) is 22.4. The summed E-state index contributed by atoms with van der Waals surface area (Å²) >= 11 is 0. The van der Waals surface area contributed by atoms with Crippen molar-refractivity contribution < 1.29 is 18.7 Å². The number of hydrogen-bond donors (Lipinski definition) is 1. The van der Waals surface area contributed by atoms with Gasteiger partial charge < -0.3 is 15.0 Å². The smallest absolute Gasteiger partial charge is 0.261 e. The van der Waals surface area contributed by atoms with Crippen molar-refractivity contribution >= 4 is 11.8 Å². The van der Waals surface area contributed by atoms with E-state index in [2.05, 4.69) is 5.32 Å². The molecule has 0 aliphatic heterocycles. The van der Waals surface area contributed by atoms with Crippen LogP contribution in [-0.2, 0) is 16.0 Å². The molecule has 1 N–H and O–H groups in total. The zero-order valence-corrected chi connectivity index (χ0v) is 17.2. The van der Waals surface area contributed by atoms with E-state index in [1.807, 2.05) is 44.2 Å². The topological polar surface area (TPSA) is 58.6 Å². The fourth-order valence-electron chi connectivity index (χ4n) is 2.78. The van der Waals surface area contributed by atoms with E-state index >= 15 is 0 Å². The highest BCUT2D eigenvalue weighted by Crippen LogP contribution is 2.12. The predicted molar refractivity (Wildman–Crippen MR) is 111 cm³/mol. The van der Waals surface area contributed by atoms with Crippen LogP contribution < -0.4 is 10.1 Å². The molecule has 0 spiro atoms. The van der Waals surface area contributed by atoms with Crippen LogP contribution in [0.25, 0.3) is 0 Å². The molecule has 5 nitrogen and oxygen atoms in total. The molecule has 2 aromatic rings. The van der Waals surface area contributed by atoms with Crippen LogP contribution in [0.15, 0.2) is 54.6 Å². The van der Waals surface area contributed by atoms with Crippen molar-refractivity contribution in [1.82, 2.24) is 10.2 Å². The first-order chi connectivity index (χ1) is 13.9. The van der Waals surface area contributed by atoms with Crippen molar-refractivity contribution in [2.75, 3.05) is 19.7 Å². The quantitative estimate of drug-likeness (QED) is 0.665. The molecule has 2 rings (SSSR count). The van der Waals surface area contributed by atoms with Crippen molar-refractivity contribution in [3.05, 3.63) is 66.0 Å². The Kier molecular flexibility index (Phi) is 8.65. The highest BCUT2D eigenvalue weighted by Gasteiger charge is 2.26. The molecule has 0 fully saturated rings. The van der Waals surface area contributed by atoms with Crippen molar-refractivity contribution in [3.8, 4) is 5.75 Å². The first-order valence-electron chi connectivity index (χ1n) is 9.86. The lowest BCUT2D eigenvalue weighted by Crippen LogP contribution is -2.50. The molecule has 29 heavy (non-hydrogen) atoms. The maximum Gasteiger partial charge on any atom is 0.261 e. The Morgan fingerprint density at radius 3 is 2.31 bits per heavy atom. The highest BCUT2D eigenvalue weighted by atomic mass is 19.1. The van der Waals surface area contributed by atoms with E-state index in [0.29, 0.717) is 31.2 Å². The summed E-state index contributed by atoms with van der Waals surface area (Å²) in [5.41, 5.74) is 1.08. The average molecular weight is 400 g/mol. The summed E-state index contributed by atoms with van der Waals surface area (Å²) < 4.78 is 18.5. The number of nitrogens with zero attached hydrogens (tertiary/aromatic N) is 1. The molecule has 1 unspecified atom stereocenters. The fourth-order valence-corrected chi connectivity index (χ4v) is 2.78. The van der Waals surface area contributed by atoms with Gasteiger partial charge in [0, 0.05) is 13.1 Å². The summed E-state index contributed by atoms with van der Waals surface area (Å²) in [6.07, 6.45) is 0.630. The van der Waals surface area contributed by atoms with Crippen LogP contribution in [0.4, 0.5) is 4.39 Å². The van der Waals surface area contributed by atoms with Crippen LogP contribution in [0.2, 0.25) is 0 Å². The van der Waals surface area contributed by atoms with E-state index in [1.165, 1.54) is 29.2 Å². The summed E-state index contributed by atoms with van der Waals surface area (Å²) in [5, 5.41) is 2.88. The van der Waals surface area contributed by atoms with Gasteiger partial charge in [-0.1, -0.05) is 44.2 Å². The summed E-state index contributed by atoms with van der Waals surface area (Å²) in [5.74, 6) is -0.135. The van der Waals surface area contributed by atoms with Crippen molar-refractivity contribution in [2.45, 2.75) is 33.2 Å². The highest BCUT2D eigenvalue weighted by molar-refractivity contribution is 5.88. The summed E-state index contributed by atoms with van der Waals surface area (Å²) in [4.78, 5) is 26.9. The molecule has 0 heterocycles. The number of benzene rings is 2. The predicted octanol–water partition coefficient (Wildman–Crippen LogP) is 3.44. The molecule has 0 saturated heterocycles. The van der Waals surface area contributed by atoms with E-state index in [4.69, 9.17) is 4.74 Å². The lowest BCUT2D eigenvalue weighted by atomic mass is 10.1. The van der Waals surface area contributed by atoms with Gasteiger partial charge in [0.2, 0.25) is 5.91 Å². The van der Waals surface area contributed by atoms with Crippen LogP contribution in [0.1, 0.15) is 26.3 Å². The number of halogens is 1. The molecule has 0 saturated carbocycles. The molecule has 0 aliphatic carbocycles. The standard InChI is InChI=1S/C23H29FN2O3/c1-17(2)15-25-23(28)18(3)26(14-13-19-7-5-4-6-8-19)22(27)16-29-21-11-9-20(24)10-12-21/h4-12,17-18H,13-16H2,1-3H3,(H,25,28). The summed E-state index contributed by atoms with van der Waals surface area (Å²) in [6.45, 7) is 6.47. The maximum atomic E-state index is 13.0. The van der Waals surface area contributed by atoms with E-state index in [9.17, 15) is 14.0 Å². The minimum atomic E-state index is -0.623. The van der Waals surface area contributed by atoms with Crippen molar-refractivity contribution in [1.29, 1.82) is 0 Å². The van der Waals surface area contributed by atoms with Gasteiger partial charge in [-0.2, -0.15) is 0 Å². The Balaban J connectivity index is 2.03.